The van der Waals surface area contributed by atoms with E-state index in [1.165, 1.54) is 12.1 Å². The van der Waals surface area contributed by atoms with Crippen molar-refractivity contribution in [3.63, 3.8) is 0 Å². The highest BCUT2D eigenvalue weighted by atomic mass is 79.9. The number of hydrogen-bond donors (Lipinski definition) is 1. The van der Waals surface area contributed by atoms with Crippen LogP contribution in [0.5, 0.6) is 0 Å². The van der Waals surface area contributed by atoms with Crippen molar-refractivity contribution < 1.29 is 8.78 Å². The summed E-state index contributed by atoms with van der Waals surface area (Å²) in [5.41, 5.74) is 5.61. The standard InChI is InChI=1S/C11H14BrF2N/c1-6(5-15)7(2)10-9(13)4-3-8(12)11(10)14/h3-4,6-7H,5,15H2,1-2H3. The summed E-state index contributed by atoms with van der Waals surface area (Å²) in [6.07, 6.45) is 0. The minimum atomic E-state index is -0.525. The van der Waals surface area contributed by atoms with Crippen molar-refractivity contribution in [1.29, 1.82) is 0 Å². The highest BCUT2D eigenvalue weighted by molar-refractivity contribution is 9.10. The molecule has 0 aromatic heterocycles. The monoisotopic (exact) mass is 277 g/mol. The molecule has 0 spiro atoms. The SMILES string of the molecule is CC(CN)C(C)c1c(F)ccc(Br)c1F. The third-order valence-electron chi connectivity index (χ3n) is 2.76. The van der Waals surface area contributed by atoms with E-state index in [4.69, 9.17) is 5.73 Å². The number of rotatable bonds is 3. The van der Waals surface area contributed by atoms with E-state index < -0.39 is 11.6 Å². The highest BCUT2D eigenvalue weighted by Gasteiger charge is 2.22. The van der Waals surface area contributed by atoms with E-state index in [0.29, 0.717) is 6.54 Å². The lowest BCUT2D eigenvalue weighted by Crippen LogP contribution is -2.19. The van der Waals surface area contributed by atoms with Gasteiger partial charge in [-0.1, -0.05) is 13.8 Å². The van der Waals surface area contributed by atoms with Gasteiger partial charge < -0.3 is 5.73 Å². The van der Waals surface area contributed by atoms with Crippen LogP contribution in [0.4, 0.5) is 8.78 Å². The molecular weight excluding hydrogens is 264 g/mol. The second-order valence-electron chi connectivity index (χ2n) is 3.76. The van der Waals surface area contributed by atoms with Gasteiger partial charge in [-0.05, 0) is 46.4 Å². The Morgan fingerprint density at radius 2 is 1.93 bits per heavy atom. The zero-order valence-corrected chi connectivity index (χ0v) is 10.3. The van der Waals surface area contributed by atoms with Gasteiger partial charge in [-0.2, -0.15) is 0 Å². The molecule has 1 rings (SSSR count). The Morgan fingerprint density at radius 3 is 2.47 bits per heavy atom. The van der Waals surface area contributed by atoms with Gasteiger partial charge in [0, 0.05) is 5.56 Å². The number of halogens is 3. The van der Waals surface area contributed by atoms with Crippen molar-refractivity contribution in [1.82, 2.24) is 0 Å². The van der Waals surface area contributed by atoms with Gasteiger partial charge in [0.1, 0.15) is 11.6 Å². The fourth-order valence-corrected chi connectivity index (χ4v) is 1.79. The van der Waals surface area contributed by atoms with Crippen LogP contribution in [-0.4, -0.2) is 6.54 Å². The van der Waals surface area contributed by atoms with Gasteiger partial charge in [0.2, 0.25) is 0 Å². The zero-order chi connectivity index (χ0) is 11.6. The topological polar surface area (TPSA) is 26.0 Å². The predicted molar refractivity (Wildman–Crippen MR) is 60.7 cm³/mol. The van der Waals surface area contributed by atoms with Crippen molar-refractivity contribution >= 4 is 15.9 Å². The van der Waals surface area contributed by atoms with E-state index in [1.54, 1.807) is 6.92 Å². The molecule has 2 unspecified atom stereocenters. The first kappa shape index (κ1) is 12.6. The van der Waals surface area contributed by atoms with Crippen LogP contribution in [0.15, 0.2) is 16.6 Å². The van der Waals surface area contributed by atoms with Crippen molar-refractivity contribution in [3.8, 4) is 0 Å². The van der Waals surface area contributed by atoms with Gasteiger partial charge in [-0.3, -0.25) is 0 Å². The Kier molecular flexibility index (Phi) is 4.22. The average molecular weight is 278 g/mol. The van der Waals surface area contributed by atoms with Crippen LogP contribution in [0.3, 0.4) is 0 Å². The Morgan fingerprint density at radius 1 is 1.33 bits per heavy atom. The van der Waals surface area contributed by atoms with Gasteiger partial charge in [-0.25, -0.2) is 8.78 Å². The molecule has 0 saturated carbocycles. The number of benzene rings is 1. The molecule has 2 N–H and O–H groups in total. The average Bonchev–Trinajstić information content (AvgIpc) is 2.22. The molecule has 0 amide bonds. The smallest absolute Gasteiger partial charge is 0.143 e. The van der Waals surface area contributed by atoms with Gasteiger partial charge >= 0.3 is 0 Å². The summed E-state index contributed by atoms with van der Waals surface area (Å²) in [5, 5.41) is 0. The highest BCUT2D eigenvalue weighted by Crippen LogP contribution is 2.31. The summed E-state index contributed by atoms with van der Waals surface area (Å²) in [5.74, 6) is -1.22. The largest absolute Gasteiger partial charge is 0.330 e. The molecule has 1 nitrogen and oxygen atoms in total. The molecule has 1 aromatic carbocycles. The molecule has 1 aromatic rings. The minimum absolute atomic E-state index is 0.0447. The van der Waals surface area contributed by atoms with E-state index in [-0.39, 0.29) is 21.9 Å². The lowest BCUT2D eigenvalue weighted by Gasteiger charge is -2.20. The molecule has 2 atom stereocenters. The molecule has 0 bridgehead atoms. The van der Waals surface area contributed by atoms with E-state index in [0.717, 1.165) is 0 Å². The van der Waals surface area contributed by atoms with E-state index in [9.17, 15) is 8.78 Å². The molecule has 0 radical (unpaired) electrons. The molecule has 0 fully saturated rings. The molecule has 4 heteroatoms. The van der Waals surface area contributed by atoms with E-state index in [2.05, 4.69) is 15.9 Å². The van der Waals surface area contributed by atoms with Crippen LogP contribution < -0.4 is 5.73 Å². The third kappa shape index (κ3) is 2.55. The molecule has 84 valence electrons. The summed E-state index contributed by atoms with van der Waals surface area (Å²) in [7, 11) is 0. The van der Waals surface area contributed by atoms with Crippen LogP contribution in [0, 0.1) is 17.6 Å². The van der Waals surface area contributed by atoms with Crippen LogP contribution >= 0.6 is 15.9 Å². The maximum absolute atomic E-state index is 13.7. The minimum Gasteiger partial charge on any atom is -0.330 e. The third-order valence-corrected chi connectivity index (χ3v) is 3.37. The van der Waals surface area contributed by atoms with Crippen molar-refractivity contribution in [2.45, 2.75) is 19.8 Å². The summed E-state index contributed by atoms with van der Waals surface area (Å²) in [6, 6.07) is 2.64. The quantitative estimate of drug-likeness (QED) is 0.842. The van der Waals surface area contributed by atoms with Crippen molar-refractivity contribution in [2.24, 2.45) is 11.7 Å². The van der Waals surface area contributed by atoms with Crippen LogP contribution in [0.1, 0.15) is 25.3 Å². The summed E-state index contributed by atoms with van der Waals surface area (Å²) in [6.45, 7) is 4.07. The van der Waals surface area contributed by atoms with Gasteiger partial charge in [0.05, 0.1) is 4.47 Å². The van der Waals surface area contributed by atoms with Crippen LogP contribution in [0.25, 0.3) is 0 Å². The number of hydrogen-bond acceptors (Lipinski definition) is 1. The predicted octanol–water partition coefficient (Wildman–Crippen LogP) is 3.43. The lowest BCUT2D eigenvalue weighted by atomic mass is 9.88. The Balaban J connectivity index is 3.18. The first-order valence-corrected chi connectivity index (χ1v) is 5.61. The number of nitrogens with two attached hydrogens (primary N) is 1. The summed E-state index contributed by atoms with van der Waals surface area (Å²) in [4.78, 5) is 0. The Hall–Kier alpha value is -0.480. The maximum atomic E-state index is 13.7. The molecule has 0 heterocycles. The van der Waals surface area contributed by atoms with Crippen molar-refractivity contribution in [3.05, 3.63) is 33.8 Å². The molecule has 15 heavy (non-hydrogen) atoms. The second-order valence-corrected chi connectivity index (χ2v) is 4.61. The molecule has 0 saturated heterocycles. The normalized spacial score (nSPS) is 15.1. The maximum Gasteiger partial charge on any atom is 0.143 e. The molecular formula is C11H14BrF2N. The molecule has 0 aliphatic heterocycles. The first-order chi connectivity index (χ1) is 6.99. The van der Waals surface area contributed by atoms with Crippen LogP contribution in [-0.2, 0) is 0 Å². The Labute approximate surface area is 96.8 Å². The lowest BCUT2D eigenvalue weighted by molar-refractivity contribution is 0.448. The van der Waals surface area contributed by atoms with Gasteiger partial charge in [-0.15, -0.1) is 0 Å². The summed E-state index contributed by atoms with van der Waals surface area (Å²) >= 11 is 3.05. The first-order valence-electron chi connectivity index (χ1n) is 4.82. The van der Waals surface area contributed by atoms with Gasteiger partial charge in [0.25, 0.3) is 0 Å². The molecule has 0 aliphatic carbocycles. The fraction of sp³-hybridized carbons (Fsp3) is 0.455. The van der Waals surface area contributed by atoms with Crippen molar-refractivity contribution in [2.75, 3.05) is 6.54 Å². The second kappa shape index (κ2) is 5.03. The van der Waals surface area contributed by atoms with Crippen LogP contribution in [0.2, 0.25) is 0 Å². The van der Waals surface area contributed by atoms with E-state index >= 15 is 0 Å². The Bertz CT molecular complexity index is 355. The fourth-order valence-electron chi connectivity index (χ4n) is 1.45. The van der Waals surface area contributed by atoms with Gasteiger partial charge in [0.15, 0.2) is 0 Å². The zero-order valence-electron chi connectivity index (χ0n) is 8.73. The molecule has 0 aliphatic rings. The van der Waals surface area contributed by atoms with E-state index in [1.807, 2.05) is 6.92 Å². The summed E-state index contributed by atoms with van der Waals surface area (Å²) < 4.78 is 27.4.